The van der Waals surface area contributed by atoms with Gasteiger partial charge < -0.3 is 10.5 Å². The first kappa shape index (κ1) is 13.7. The molecule has 0 fully saturated rings. The average Bonchev–Trinajstić information content (AvgIpc) is 2.42. The number of benzene rings is 1. The fourth-order valence-corrected chi connectivity index (χ4v) is 2.15. The van der Waals surface area contributed by atoms with E-state index in [9.17, 15) is 0 Å². The molecule has 0 spiro atoms. The van der Waals surface area contributed by atoms with Gasteiger partial charge in [0.05, 0.1) is 21.5 Å². The van der Waals surface area contributed by atoms with Crippen molar-refractivity contribution in [1.29, 1.82) is 0 Å². The van der Waals surface area contributed by atoms with Gasteiger partial charge in [-0.25, -0.2) is 0 Å². The Bertz CT molecular complexity index is 569. The van der Waals surface area contributed by atoms with Crippen LogP contribution in [0, 0.1) is 0 Å². The lowest BCUT2D eigenvalue weighted by Gasteiger charge is -2.10. The fraction of sp³-hybridized carbons (Fsp3) is 0.308. The predicted octanol–water partition coefficient (Wildman–Crippen LogP) is 3.13. The number of aryl methyl sites for hydroxylation is 2. The zero-order valence-electron chi connectivity index (χ0n) is 10.9. The van der Waals surface area contributed by atoms with Crippen molar-refractivity contribution >= 4 is 21.6 Å². The van der Waals surface area contributed by atoms with Crippen LogP contribution in [0.1, 0.15) is 25.2 Å². The molecule has 5 nitrogen and oxygen atoms in total. The van der Waals surface area contributed by atoms with Crippen LogP contribution >= 0.6 is 15.9 Å². The zero-order chi connectivity index (χ0) is 13.8. The number of para-hydroxylation sites is 1. The second kappa shape index (κ2) is 5.97. The highest BCUT2D eigenvalue weighted by Crippen LogP contribution is 2.33. The van der Waals surface area contributed by atoms with E-state index in [2.05, 4.69) is 31.1 Å². The number of nitrogens with zero attached hydrogens (tertiary/aromatic N) is 3. The van der Waals surface area contributed by atoms with Gasteiger partial charge in [-0.1, -0.05) is 25.0 Å². The smallest absolute Gasteiger partial charge is 0.341 e. The van der Waals surface area contributed by atoms with Crippen LogP contribution in [-0.4, -0.2) is 15.2 Å². The van der Waals surface area contributed by atoms with E-state index >= 15 is 0 Å². The Labute approximate surface area is 120 Å². The second-order valence-electron chi connectivity index (χ2n) is 3.96. The van der Waals surface area contributed by atoms with Gasteiger partial charge in [0.2, 0.25) is 0 Å². The van der Waals surface area contributed by atoms with Crippen LogP contribution in [-0.2, 0) is 12.8 Å². The predicted molar refractivity (Wildman–Crippen MR) is 77.2 cm³/mol. The molecule has 0 aliphatic heterocycles. The Morgan fingerprint density at radius 3 is 2.53 bits per heavy atom. The fourth-order valence-electron chi connectivity index (χ4n) is 1.69. The summed E-state index contributed by atoms with van der Waals surface area (Å²) in [4.78, 5) is 4.37. The van der Waals surface area contributed by atoms with Crippen molar-refractivity contribution in [1.82, 2.24) is 15.2 Å². The van der Waals surface area contributed by atoms with E-state index < -0.39 is 0 Å². The molecule has 2 N–H and O–H groups in total. The zero-order valence-corrected chi connectivity index (χ0v) is 12.4. The van der Waals surface area contributed by atoms with E-state index in [4.69, 9.17) is 10.5 Å². The topological polar surface area (TPSA) is 73.9 Å². The van der Waals surface area contributed by atoms with E-state index in [0.717, 1.165) is 28.7 Å². The SMILES string of the molecule is CCc1nnc(Oc2c(N)cccc2Br)nc1CC. The monoisotopic (exact) mass is 322 g/mol. The average molecular weight is 323 g/mol. The highest BCUT2D eigenvalue weighted by atomic mass is 79.9. The summed E-state index contributed by atoms with van der Waals surface area (Å²) < 4.78 is 6.38. The summed E-state index contributed by atoms with van der Waals surface area (Å²) in [5, 5.41) is 8.11. The minimum Gasteiger partial charge on any atom is -0.420 e. The lowest BCUT2D eigenvalue weighted by Crippen LogP contribution is -2.05. The normalized spacial score (nSPS) is 10.5. The highest BCUT2D eigenvalue weighted by molar-refractivity contribution is 9.10. The Balaban J connectivity index is 2.33. The minimum absolute atomic E-state index is 0.215. The number of ether oxygens (including phenoxy) is 1. The van der Waals surface area contributed by atoms with Gasteiger partial charge in [-0.2, -0.15) is 4.98 Å². The van der Waals surface area contributed by atoms with Gasteiger partial charge in [0.15, 0.2) is 5.75 Å². The van der Waals surface area contributed by atoms with Crippen LogP contribution in [0.2, 0.25) is 0 Å². The van der Waals surface area contributed by atoms with E-state index in [1.807, 2.05) is 26.0 Å². The Kier molecular flexibility index (Phi) is 4.31. The summed E-state index contributed by atoms with van der Waals surface area (Å²) in [6.45, 7) is 4.05. The maximum absolute atomic E-state index is 5.86. The number of aromatic nitrogens is 3. The van der Waals surface area contributed by atoms with Crippen LogP contribution in [0.4, 0.5) is 5.69 Å². The maximum atomic E-state index is 5.86. The minimum atomic E-state index is 0.215. The van der Waals surface area contributed by atoms with Gasteiger partial charge in [0.25, 0.3) is 0 Å². The lowest BCUT2D eigenvalue weighted by atomic mass is 10.2. The first-order valence-corrected chi connectivity index (χ1v) is 6.89. The molecule has 19 heavy (non-hydrogen) atoms. The molecule has 0 saturated heterocycles. The number of halogens is 1. The summed E-state index contributed by atoms with van der Waals surface area (Å²) >= 11 is 3.39. The van der Waals surface area contributed by atoms with Crippen LogP contribution in [0.25, 0.3) is 0 Å². The van der Waals surface area contributed by atoms with Crippen molar-refractivity contribution in [3.8, 4) is 11.8 Å². The van der Waals surface area contributed by atoms with Crippen molar-refractivity contribution < 1.29 is 4.74 Å². The molecule has 2 rings (SSSR count). The van der Waals surface area contributed by atoms with Gasteiger partial charge in [0.1, 0.15) is 0 Å². The summed E-state index contributed by atoms with van der Waals surface area (Å²) in [7, 11) is 0. The number of anilines is 1. The second-order valence-corrected chi connectivity index (χ2v) is 4.81. The van der Waals surface area contributed by atoms with E-state index in [0.29, 0.717) is 11.4 Å². The molecular formula is C13H15BrN4O. The van der Waals surface area contributed by atoms with Crippen LogP contribution in [0.15, 0.2) is 22.7 Å². The van der Waals surface area contributed by atoms with Crippen molar-refractivity contribution in [2.45, 2.75) is 26.7 Å². The van der Waals surface area contributed by atoms with Gasteiger partial charge in [-0.15, -0.1) is 5.10 Å². The molecular weight excluding hydrogens is 308 g/mol. The van der Waals surface area contributed by atoms with Crippen LogP contribution in [0.3, 0.4) is 0 Å². The summed E-state index contributed by atoms with van der Waals surface area (Å²) in [6.07, 6.45) is 1.60. The number of nitrogen functional groups attached to an aromatic ring is 1. The summed E-state index contributed by atoms with van der Waals surface area (Å²) in [6, 6.07) is 5.66. The molecule has 0 bridgehead atoms. The molecule has 1 aromatic heterocycles. The van der Waals surface area contributed by atoms with Gasteiger partial charge in [-0.3, -0.25) is 0 Å². The molecule has 1 heterocycles. The standard InChI is InChI=1S/C13H15BrN4O/c1-3-10-11(4-2)17-18-13(16-10)19-12-8(14)6-5-7-9(12)15/h5-7H,3-4,15H2,1-2H3. The van der Waals surface area contributed by atoms with Crippen molar-refractivity contribution in [2.24, 2.45) is 0 Å². The molecule has 0 amide bonds. The molecule has 0 unspecified atom stereocenters. The van der Waals surface area contributed by atoms with Crippen molar-refractivity contribution in [2.75, 3.05) is 5.73 Å². The molecule has 0 saturated carbocycles. The molecule has 0 radical (unpaired) electrons. The maximum Gasteiger partial charge on any atom is 0.341 e. The highest BCUT2D eigenvalue weighted by Gasteiger charge is 2.11. The van der Waals surface area contributed by atoms with Crippen molar-refractivity contribution in [3.63, 3.8) is 0 Å². The third kappa shape index (κ3) is 3.01. The quantitative estimate of drug-likeness (QED) is 0.875. The molecule has 2 aromatic rings. The molecule has 6 heteroatoms. The number of hydrogen-bond acceptors (Lipinski definition) is 5. The third-order valence-electron chi connectivity index (χ3n) is 2.68. The Morgan fingerprint density at radius 2 is 1.89 bits per heavy atom. The lowest BCUT2D eigenvalue weighted by molar-refractivity contribution is 0.428. The molecule has 0 aliphatic rings. The molecule has 1 aromatic carbocycles. The van der Waals surface area contributed by atoms with Gasteiger partial charge in [-0.05, 0) is 40.9 Å². The van der Waals surface area contributed by atoms with Crippen LogP contribution < -0.4 is 10.5 Å². The largest absolute Gasteiger partial charge is 0.420 e. The first-order valence-electron chi connectivity index (χ1n) is 6.10. The first-order chi connectivity index (χ1) is 9.15. The van der Waals surface area contributed by atoms with Gasteiger partial charge >= 0.3 is 6.01 Å². The number of nitrogens with two attached hydrogens (primary N) is 1. The Hall–Kier alpha value is -1.69. The summed E-state index contributed by atoms with van der Waals surface area (Å²) in [5.74, 6) is 0.510. The van der Waals surface area contributed by atoms with Crippen LogP contribution in [0.5, 0.6) is 11.8 Å². The Morgan fingerprint density at radius 1 is 1.16 bits per heavy atom. The van der Waals surface area contributed by atoms with Crippen molar-refractivity contribution in [3.05, 3.63) is 34.1 Å². The van der Waals surface area contributed by atoms with Gasteiger partial charge in [0, 0.05) is 0 Å². The third-order valence-corrected chi connectivity index (χ3v) is 3.30. The number of hydrogen-bond donors (Lipinski definition) is 1. The number of rotatable bonds is 4. The summed E-state index contributed by atoms with van der Waals surface area (Å²) in [5.41, 5.74) is 8.19. The van der Waals surface area contributed by atoms with E-state index in [1.54, 1.807) is 6.07 Å². The molecule has 100 valence electrons. The molecule has 0 atom stereocenters. The molecule has 0 aliphatic carbocycles. The van der Waals surface area contributed by atoms with E-state index in [-0.39, 0.29) is 6.01 Å². The van der Waals surface area contributed by atoms with E-state index in [1.165, 1.54) is 0 Å².